The molecule has 5 nitrogen and oxygen atoms in total. The minimum atomic E-state index is -3.41. The zero-order valence-corrected chi connectivity index (χ0v) is 13.6. The Labute approximate surface area is 136 Å². The van der Waals surface area contributed by atoms with Gasteiger partial charge in [-0.2, -0.15) is 4.31 Å². The molecule has 0 atom stereocenters. The molecule has 122 valence electrons. The van der Waals surface area contributed by atoms with Gasteiger partial charge in [0.05, 0.1) is 4.90 Å². The maximum absolute atomic E-state index is 12.5. The number of rotatable bonds is 5. The van der Waals surface area contributed by atoms with Gasteiger partial charge in [-0.25, -0.2) is 8.42 Å². The molecule has 0 aromatic heterocycles. The van der Waals surface area contributed by atoms with E-state index in [-0.39, 0.29) is 0 Å². The van der Waals surface area contributed by atoms with Crippen molar-refractivity contribution in [2.24, 2.45) is 0 Å². The predicted octanol–water partition coefficient (Wildman–Crippen LogP) is 1.86. The second-order valence-corrected chi connectivity index (χ2v) is 7.34. The lowest BCUT2D eigenvalue weighted by Crippen LogP contribution is -2.46. The number of hydrogen-bond acceptors (Lipinski definition) is 4. The molecule has 6 heteroatoms. The van der Waals surface area contributed by atoms with Gasteiger partial charge in [-0.3, -0.25) is 0 Å². The largest absolute Gasteiger partial charge is 0.489 e. The van der Waals surface area contributed by atoms with E-state index >= 15 is 0 Å². The Bertz CT molecular complexity index is 724. The van der Waals surface area contributed by atoms with Gasteiger partial charge < -0.3 is 10.1 Å². The van der Waals surface area contributed by atoms with Crippen molar-refractivity contribution in [2.75, 3.05) is 26.2 Å². The topological polar surface area (TPSA) is 58.6 Å². The summed E-state index contributed by atoms with van der Waals surface area (Å²) in [5.74, 6) is 0.660. The maximum Gasteiger partial charge on any atom is 0.243 e. The summed E-state index contributed by atoms with van der Waals surface area (Å²) in [6.07, 6.45) is 0. The van der Waals surface area contributed by atoms with E-state index in [1.54, 1.807) is 24.3 Å². The van der Waals surface area contributed by atoms with Gasteiger partial charge in [0.2, 0.25) is 10.0 Å². The summed E-state index contributed by atoms with van der Waals surface area (Å²) in [7, 11) is -3.41. The van der Waals surface area contributed by atoms with Gasteiger partial charge in [0.25, 0.3) is 0 Å². The molecule has 1 fully saturated rings. The second kappa shape index (κ2) is 7.12. The van der Waals surface area contributed by atoms with Crippen molar-refractivity contribution in [1.29, 1.82) is 0 Å². The number of hydrogen-bond donors (Lipinski definition) is 1. The van der Waals surface area contributed by atoms with Gasteiger partial charge >= 0.3 is 0 Å². The summed E-state index contributed by atoms with van der Waals surface area (Å²) in [6, 6.07) is 16.5. The van der Waals surface area contributed by atoms with E-state index in [0.29, 0.717) is 43.4 Å². The number of nitrogens with one attached hydrogen (secondary N) is 1. The Hall–Kier alpha value is -1.89. The van der Waals surface area contributed by atoms with Gasteiger partial charge in [0.15, 0.2) is 0 Å². The molecule has 0 spiro atoms. The third-order valence-corrected chi connectivity index (χ3v) is 5.70. The summed E-state index contributed by atoms with van der Waals surface area (Å²) < 4.78 is 32.3. The van der Waals surface area contributed by atoms with Crippen LogP contribution in [0.1, 0.15) is 5.56 Å². The zero-order valence-electron chi connectivity index (χ0n) is 12.8. The minimum Gasteiger partial charge on any atom is -0.489 e. The number of nitrogens with zero attached hydrogens (tertiary/aromatic N) is 1. The fourth-order valence-corrected chi connectivity index (χ4v) is 3.92. The number of piperazine rings is 1. The first kappa shape index (κ1) is 16.0. The van der Waals surface area contributed by atoms with Crippen molar-refractivity contribution < 1.29 is 13.2 Å². The highest BCUT2D eigenvalue weighted by molar-refractivity contribution is 7.89. The molecule has 1 saturated heterocycles. The summed E-state index contributed by atoms with van der Waals surface area (Å²) in [6.45, 7) is 2.86. The van der Waals surface area contributed by atoms with E-state index in [1.807, 2.05) is 30.3 Å². The molecule has 0 unspecified atom stereocenters. The Balaban J connectivity index is 1.66. The molecule has 2 aromatic carbocycles. The SMILES string of the molecule is O=S(=O)(c1ccc(OCc2ccccc2)cc1)N1CCNCC1. The van der Waals surface area contributed by atoms with E-state index in [9.17, 15) is 8.42 Å². The molecule has 0 aliphatic carbocycles. The van der Waals surface area contributed by atoms with Crippen molar-refractivity contribution in [1.82, 2.24) is 9.62 Å². The van der Waals surface area contributed by atoms with Crippen LogP contribution >= 0.6 is 0 Å². The fraction of sp³-hybridized carbons (Fsp3) is 0.294. The molecule has 3 rings (SSSR count). The quantitative estimate of drug-likeness (QED) is 0.908. The van der Waals surface area contributed by atoms with Gasteiger partial charge in [0.1, 0.15) is 12.4 Å². The molecule has 1 heterocycles. The Morgan fingerprint density at radius 3 is 2.26 bits per heavy atom. The number of sulfonamides is 1. The number of benzene rings is 2. The summed E-state index contributed by atoms with van der Waals surface area (Å²) in [5, 5.41) is 3.15. The summed E-state index contributed by atoms with van der Waals surface area (Å²) >= 11 is 0. The highest BCUT2D eigenvalue weighted by Crippen LogP contribution is 2.20. The Morgan fingerprint density at radius 2 is 1.61 bits per heavy atom. The van der Waals surface area contributed by atoms with Crippen LogP contribution in [0.25, 0.3) is 0 Å². The van der Waals surface area contributed by atoms with Crippen LogP contribution in [0.3, 0.4) is 0 Å². The molecular formula is C17H20N2O3S. The van der Waals surface area contributed by atoms with Crippen molar-refractivity contribution in [3.63, 3.8) is 0 Å². The third kappa shape index (κ3) is 3.90. The maximum atomic E-state index is 12.5. The van der Waals surface area contributed by atoms with Crippen LogP contribution in [0.5, 0.6) is 5.75 Å². The predicted molar refractivity (Wildman–Crippen MR) is 88.8 cm³/mol. The average Bonchev–Trinajstić information content (AvgIpc) is 2.62. The van der Waals surface area contributed by atoms with E-state index in [4.69, 9.17) is 4.74 Å². The molecule has 0 radical (unpaired) electrons. The van der Waals surface area contributed by atoms with Crippen LogP contribution in [-0.4, -0.2) is 38.9 Å². The smallest absolute Gasteiger partial charge is 0.243 e. The van der Waals surface area contributed by atoms with Crippen molar-refractivity contribution in [3.05, 3.63) is 60.2 Å². The molecule has 1 N–H and O–H groups in total. The average molecular weight is 332 g/mol. The first-order chi connectivity index (χ1) is 11.2. The lowest BCUT2D eigenvalue weighted by molar-refractivity contribution is 0.306. The monoisotopic (exact) mass is 332 g/mol. The third-order valence-electron chi connectivity index (χ3n) is 3.79. The minimum absolute atomic E-state index is 0.312. The first-order valence-electron chi connectivity index (χ1n) is 7.64. The fourth-order valence-electron chi connectivity index (χ4n) is 2.48. The van der Waals surface area contributed by atoms with Crippen molar-refractivity contribution in [3.8, 4) is 5.75 Å². The van der Waals surface area contributed by atoms with Crippen LogP contribution < -0.4 is 10.1 Å². The van der Waals surface area contributed by atoms with Crippen LogP contribution in [0.4, 0.5) is 0 Å². The molecule has 23 heavy (non-hydrogen) atoms. The van der Waals surface area contributed by atoms with E-state index in [1.165, 1.54) is 4.31 Å². The Kier molecular flexibility index (Phi) is 4.95. The lowest BCUT2D eigenvalue weighted by atomic mass is 10.2. The van der Waals surface area contributed by atoms with E-state index < -0.39 is 10.0 Å². The molecular weight excluding hydrogens is 312 g/mol. The van der Waals surface area contributed by atoms with Gasteiger partial charge in [0, 0.05) is 26.2 Å². The van der Waals surface area contributed by atoms with E-state index in [2.05, 4.69) is 5.32 Å². The van der Waals surface area contributed by atoms with Crippen molar-refractivity contribution in [2.45, 2.75) is 11.5 Å². The molecule has 0 bridgehead atoms. The van der Waals surface area contributed by atoms with Crippen molar-refractivity contribution >= 4 is 10.0 Å². The standard InChI is InChI=1S/C17H20N2O3S/c20-23(21,19-12-10-18-11-13-19)17-8-6-16(7-9-17)22-14-15-4-2-1-3-5-15/h1-9,18H,10-14H2. The van der Waals surface area contributed by atoms with Crippen LogP contribution in [0.2, 0.25) is 0 Å². The molecule has 1 aliphatic rings. The van der Waals surface area contributed by atoms with Gasteiger partial charge in [-0.15, -0.1) is 0 Å². The summed E-state index contributed by atoms with van der Waals surface area (Å²) in [5.41, 5.74) is 1.07. The van der Waals surface area contributed by atoms with Gasteiger partial charge in [-0.1, -0.05) is 30.3 Å². The normalized spacial score (nSPS) is 16.2. The van der Waals surface area contributed by atoms with Crippen LogP contribution in [-0.2, 0) is 16.6 Å². The molecule has 0 amide bonds. The van der Waals surface area contributed by atoms with E-state index in [0.717, 1.165) is 5.56 Å². The van der Waals surface area contributed by atoms with Crippen LogP contribution in [0.15, 0.2) is 59.5 Å². The lowest BCUT2D eigenvalue weighted by Gasteiger charge is -2.26. The zero-order chi connectivity index (χ0) is 16.1. The molecule has 2 aromatic rings. The first-order valence-corrected chi connectivity index (χ1v) is 9.08. The Morgan fingerprint density at radius 1 is 0.957 bits per heavy atom. The van der Waals surface area contributed by atoms with Gasteiger partial charge in [-0.05, 0) is 29.8 Å². The molecule has 1 aliphatic heterocycles. The second-order valence-electron chi connectivity index (χ2n) is 5.40. The highest BCUT2D eigenvalue weighted by atomic mass is 32.2. The summed E-state index contributed by atoms with van der Waals surface area (Å²) in [4.78, 5) is 0.312. The van der Waals surface area contributed by atoms with Crippen LogP contribution in [0, 0.1) is 0 Å². The molecule has 0 saturated carbocycles. The highest BCUT2D eigenvalue weighted by Gasteiger charge is 2.25. The number of ether oxygens (including phenoxy) is 1.